The van der Waals surface area contributed by atoms with Gasteiger partial charge in [0.2, 0.25) is 11.8 Å². The molecule has 0 unspecified atom stereocenters. The number of aryl methyl sites for hydroxylation is 2. The van der Waals surface area contributed by atoms with E-state index < -0.39 is 0 Å². The first kappa shape index (κ1) is 21.7. The second-order valence-electron chi connectivity index (χ2n) is 8.55. The first-order valence-electron chi connectivity index (χ1n) is 11.0. The van der Waals surface area contributed by atoms with E-state index in [0.29, 0.717) is 19.0 Å². The molecule has 0 saturated heterocycles. The summed E-state index contributed by atoms with van der Waals surface area (Å²) in [6.45, 7) is 3.29. The molecule has 34 heavy (non-hydrogen) atoms. The van der Waals surface area contributed by atoms with Gasteiger partial charge in [-0.05, 0) is 43.8 Å². The van der Waals surface area contributed by atoms with Gasteiger partial charge in [-0.1, -0.05) is 6.07 Å². The fourth-order valence-corrected chi connectivity index (χ4v) is 4.35. The second-order valence-corrected chi connectivity index (χ2v) is 8.55. The Balaban J connectivity index is 1.67. The molecule has 1 aliphatic heterocycles. The number of nitrogens with zero attached hydrogens (tertiary/aromatic N) is 7. The molecule has 3 aromatic heterocycles. The molecule has 1 aliphatic rings. The first-order chi connectivity index (χ1) is 16.4. The Morgan fingerprint density at radius 2 is 2.09 bits per heavy atom. The molecule has 0 spiro atoms. The number of nitriles is 1. The van der Waals surface area contributed by atoms with Crippen LogP contribution in [0.3, 0.4) is 0 Å². The van der Waals surface area contributed by atoms with Crippen LogP contribution in [0.2, 0.25) is 0 Å². The maximum absolute atomic E-state index is 9.00. The van der Waals surface area contributed by atoms with E-state index in [0.717, 1.165) is 44.9 Å². The second kappa shape index (κ2) is 8.68. The number of H-pyrrole nitrogens is 1. The molecule has 4 heterocycles. The van der Waals surface area contributed by atoms with Gasteiger partial charge in [-0.15, -0.1) is 5.10 Å². The monoisotopic (exact) mass is 458 g/mol. The number of rotatable bonds is 2. The molecule has 2 bridgehead atoms. The maximum Gasteiger partial charge on any atom is 0.241 e. The third kappa shape index (κ3) is 3.91. The largest absolute Gasteiger partial charge is 0.473 e. The summed E-state index contributed by atoms with van der Waals surface area (Å²) in [6, 6.07) is 8.13. The van der Waals surface area contributed by atoms with Crippen molar-refractivity contribution in [2.45, 2.75) is 19.6 Å². The molecule has 0 amide bonds. The summed E-state index contributed by atoms with van der Waals surface area (Å²) in [6.07, 6.45) is 5.69. The predicted octanol–water partition coefficient (Wildman–Crippen LogP) is 2.98. The van der Waals surface area contributed by atoms with E-state index in [-0.39, 0.29) is 12.7 Å². The van der Waals surface area contributed by atoms with Gasteiger partial charge in [0.25, 0.3) is 0 Å². The molecule has 4 aromatic rings. The van der Waals surface area contributed by atoms with Gasteiger partial charge in [-0.25, -0.2) is 4.68 Å². The number of hydrogen-bond acceptors (Lipinski definition) is 7. The van der Waals surface area contributed by atoms with Gasteiger partial charge < -0.3 is 9.47 Å². The van der Waals surface area contributed by atoms with E-state index in [9.17, 15) is 0 Å². The molecule has 0 aliphatic carbocycles. The Bertz CT molecular complexity index is 1420. The molecule has 10 nitrogen and oxygen atoms in total. The Hall–Kier alpha value is -4.10. The van der Waals surface area contributed by atoms with Crippen LogP contribution in [0.1, 0.15) is 23.9 Å². The maximum atomic E-state index is 9.00. The number of likely N-dealkylation sites (N-methyl/N-ethyl adjacent to an activating group) is 1. The zero-order valence-corrected chi connectivity index (χ0v) is 19.6. The summed E-state index contributed by atoms with van der Waals surface area (Å²) in [5, 5.41) is 26.5. The summed E-state index contributed by atoms with van der Waals surface area (Å²) in [4.78, 5) is 2.18. The standard InChI is InChI=1S/C24H26N8O2/c1-15-13-30(2)14-22-17(23(29-31(22)3)33-10-9-25)6-8-21-18-11-16(5-7-20(18)27-28-21)19-12-26-32(4)24(19)34-15/h5-8,11-12,15H,10,13-14H2,1-4H3,(H,27,28)/b8-6+/t15-/m0/s1. The molecule has 1 aromatic carbocycles. The van der Waals surface area contributed by atoms with Crippen LogP contribution < -0.4 is 9.47 Å². The molecule has 1 atom stereocenters. The molecule has 0 saturated carbocycles. The van der Waals surface area contributed by atoms with Gasteiger partial charge in [-0.3, -0.25) is 14.7 Å². The van der Waals surface area contributed by atoms with Crippen LogP contribution in [0.5, 0.6) is 11.8 Å². The summed E-state index contributed by atoms with van der Waals surface area (Å²) >= 11 is 0. The molecule has 0 radical (unpaired) electrons. The number of benzene rings is 1. The quantitative estimate of drug-likeness (QED) is 0.492. The smallest absolute Gasteiger partial charge is 0.241 e. The van der Waals surface area contributed by atoms with Gasteiger partial charge in [0.15, 0.2) is 6.61 Å². The van der Waals surface area contributed by atoms with Crippen LogP contribution in [0, 0.1) is 11.3 Å². The predicted molar refractivity (Wildman–Crippen MR) is 128 cm³/mol. The average molecular weight is 459 g/mol. The van der Waals surface area contributed by atoms with Crippen molar-refractivity contribution in [2.75, 3.05) is 20.2 Å². The van der Waals surface area contributed by atoms with Gasteiger partial charge in [0.1, 0.15) is 12.2 Å². The van der Waals surface area contributed by atoms with Crippen LogP contribution in [0.15, 0.2) is 24.4 Å². The van der Waals surface area contributed by atoms with Crippen molar-refractivity contribution in [3.05, 3.63) is 41.3 Å². The van der Waals surface area contributed by atoms with E-state index >= 15 is 0 Å². The van der Waals surface area contributed by atoms with Crippen LogP contribution in [-0.2, 0) is 20.6 Å². The fourth-order valence-electron chi connectivity index (χ4n) is 4.35. The zero-order valence-electron chi connectivity index (χ0n) is 19.6. The number of aromatic amines is 1. The van der Waals surface area contributed by atoms with Crippen LogP contribution in [0.4, 0.5) is 0 Å². The lowest BCUT2D eigenvalue weighted by atomic mass is 10.1. The number of ether oxygens (including phenoxy) is 2. The lowest BCUT2D eigenvalue weighted by Crippen LogP contribution is -2.32. The highest BCUT2D eigenvalue weighted by Gasteiger charge is 2.21. The summed E-state index contributed by atoms with van der Waals surface area (Å²) in [7, 11) is 5.81. The first-order valence-corrected chi connectivity index (χ1v) is 11.0. The van der Waals surface area contributed by atoms with Gasteiger partial charge >= 0.3 is 0 Å². The summed E-state index contributed by atoms with van der Waals surface area (Å²) in [5.74, 6) is 1.16. The van der Waals surface area contributed by atoms with Gasteiger partial charge in [0.05, 0.1) is 34.2 Å². The Kier molecular flexibility index (Phi) is 5.55. The highest BCUT2D eigenvalue weighted by molar-refractivity contribution is 5.93. The third-order valence-electron chi connectivity index (χ3n) is 5.94. The minimum Gasteiger partial charge on any atom is -0.473 e. The van der Waals surface area contributed by atoms with E-state index in [1.54, 1.807) is 9.36 Å². The topological polar surface area (TPSA) is 110 Å². The summed E-state index contributed by atoms with van der Waals surface area (Å²) in [5.41, 5.74) is 5.46. The Morgan fingerprint density at radius 3 is 2.91 bits per heavy atom. The van der Waals surface area contributed by atoms with E-state index in [2.05, 4.69) is 31.4 Å². The average Bonchev–Trinajstić information content (AvgIpc) is 3.46. The highest BCUT2D eigenvalue weighted by atomic mass is 16.5. The SMILES string of the molecule is C[C@H]1CN(C)Cc2c(c(OCC#N)nn2C)/C=C/c2[nH]nc3ccc(cc23)-c2cnn(C)c2O1. The lowest BCUT2D eigenvalue weighted by molar-refractivity contribution is 0.147. The van der Waals surface area contributed by atoms with Crippen molar-refractivity contribution < 1.29 is 9.47 Å². The number of fused-ring (bicyclic) bond motifs is 4. The molecule has 5 rings (SSSR count). The van der Waals surface area contributed by atoms with Crippen LogP contribution >= 0.6 is 0 Å². The van der Waals surface area contributed by atoms with E-state index in [4.69, 9.17) is 14.7 Å². The van der Waals surface area contributed by atoms with Crippen molar-refractivity contribution in [3.63, 3.8) is 0 Å². The minimum atomic E-state index is -0.0842. The van der Waals surface area contributed by atoms with Crippen LogP contribution in [0.25, 0.3) is 34.2 Å². The number of nitrogens with one attached hydrogen (secondary N) is 1. The Morgan fingerprint density at radius 1 is 1.24 bits per heavy atom. The van der Waals surface area contributed by atoms with Crippen molar-refractivity contribution in [1.82, 2.24) is 34.7 Å². The minimum absolute atomic E-state index is 0.0688. The molecular weight excluding hydrogens is 432 g/mol. The van der Waals surface area contributed by atoms with Gasteiger partial charge in [0, 0.05) is 32.6 Å². The molecule has 0 fully saturated rings. The van der Waals surface area contributed by atoms with Crippen molar-refractivity contribution in [1.29, 1.82) is 5.26 Å². The van der Waals surface area contributed by atoms with E-state index in [1.165, 1.54) is 0 Å². The van der Waals surface area contributed by atoms with Crippen LogP contribution in [-0.4, -0.2) is 61.0 Å². The fraction of sp³-hybridized carbons (Fsp3) is 0.333. The molecule has 1 N–H and O–H groups in total. The van der Waals surface area contributed by atoms with Gasteiger partial charge in [-0.2, -0.15) is 15.5 Å². The molecule has 174 valence electrons. The molecule has 10 heteroatoms. The van der Waals surface area contributed by atoms with Crippen molar-refractivity contribution >= 4 is 23.1 Å². The third-order valence-corrected chi connectivity index (χ3v) is 5.94. The zero-order chi connectivity index (χ0) is 23.8. The van der Waals surface area contributed by atoms with Crippen molar-refractivity contribution in [3.8, 4) is 29.0 Å². The summed E-state index contributed by atoms with van der Waals surface area (Å²) < 4.78 is 15.6. The van der Waals surface area contributed by atoms with E-state index in [1.807, 2.05) is 64.6 Å². The highest BCUT2D eigenvalue weighted by Crippen LogP contribution is 2.34. The van der Waals surface area contributed by atoms with Crippen molar-refractivity contribution in [2.24, 2.45) is 14.1 Å². The molecular formula is C24H26N8O2. The Labute approximate surface area is 197 Å². The number of aromatic nitrogens is 6. The lowest BCUT2D eigenvalue weighted by Gasteiger charge is -2.23. The normalized spacial score (nSPS) is 17.3. The number of hydrogen-bond donors (Lipinski definition) is 1.